The molecule has 6 heteroatoms. The minimum absolute atomic E-state index is 0.00398. The van der Waals surface area contributed by atoms with Crippen molar-refractivity contribution >= 4 is 21.8 Å². The number of ether oxygens (including phenoxy) is 1. The van der Waals surface area contributed by atoms with Crippen molar-refractivity contribution in [1.82, 2.24) is 10.2 Å². The highest BCUT2D eigenvalue weighted by molar-refractivity contribution is 9.10. The highest BCUT2D eigenvalue weighted by atomic mass is 79.9. The zero-order valence-corrected chi connectivity index (χ0v) is 11.8. The molecule has 1 aromatic rings. The summed E-state index contributed by atoms with van der Waals surface area (Å²) in [6.45, 7) is 2.47. The van der Waals surface area contributed by atoms with Gasteiger partial charge in [-0.05, 0) is 18.2 Å². The van der Waals surface area contributed by atoms with Crippen molar-refractivity contribution in [3.8, 4) is 0 Å². The van der Waals surface area contributed by atoms with E-state index >= 15 is 0 Å². The van der Waals surface area contributed by atoms with Crippen molar-refractivity contribution < 1.29 is 13.9 Å². The number of hydrogen-bond acceptors (Lipinski definition) is 3. The van der Waals surface area contributed by atoms with Gasteiger partial charge in [-0.1, -0.05) is 15.9 Å². The van der Waals surface area contributed by atoms with Crippen LogP contribution in [0.15, 0.2) is 22.7 Å². The lowest BCUT2D eigenvalue weighted by Crippen LogP contribution is -2.53. The molecule has 2 fully saturated rings. The van der Waals surface area contributed by atoms with Crippen LogP contribution in [0.5, 0.6) is 0 Å². The Morgan fingerprint density at radius 3 is 3.11 bits per heavy atom. The van der Waals surface area contributed by atoms with E-state index in [0.717, 1.165) is 6.54 Å². The molecule has 2 saturated heterocycles. The Morgan fingerprint density at radius 2 is 2.32 bits per heavy atom. The number of rotatable bonds is 1. The van der Waals surface area contributed by atoms with Crippen LogP contribution >= 0.6 is 15.9 Å². The zero-order chi connectivity index (χ0) is 13.4. The molecule has 0 radical (unpaired) electrons. The fourth-order valence-electron chi connectivity index (χ4n) is 2.66. The summed E-state index contributed by atoms with van der Waals surface area (Å²) in [5, 5.41) is 3.20. The molecule has 2 atom stereocenters. The Balaban J connectivity index is 1.86. The van der Waals surface area contributed by atoms with E-state index in [1.807, 2.05) is 0 Å². The fraction of sp³-hybridized carbons (Fsp3) is 0.462. The average Bonchev–Trinajstić information content (AvgIpc) is 2.86. The van der Waals surface area contributed by atoms with Gasteiger partial charge < -0.3 is 15.0 Å². The maximum atomic E-state index is 13.9. The van der Waals surface area contributed by atoms with Crippen molar-refractivity contribution in [2.45, 2.75) is 12.1 Å². The first-order valence-electron chi connectivity index (χ1n) is 6.25. The quantitative estimate of drug-likeness (QED) is 0.847. The Morgan fingerprint density at radius 1 is 1.47 bits per heavy atom. The summed E-state index contributed by atoms with van der Waals surface area (Å²) < 4.78 is 20.1. The molecule has 0 spiro atoms. The normalized spacial score (nSPS) is 26.3. The van der Waals surface area contributed by atoms with Crippen LogP contribution in [0.1, 0.15) is 10.4 Å². The molecule has 4 nitrogen and oxygen atoms in total. The Bertz CT molecular complexity index is 511. The zero-order valence-electron chi connectivity index (χ0n) is 10.2. The van der Waals surface area contributed by atoms with Crippen LogP contribution in [0.2, 0.25) is 0 Å². The van der Waals surface area contributed by atoms with Gasteiger partial charge in [0.25, 0.3) is 5.91 Å². The third-order valence-corrected chi connectivity index (χ3v) is 4.11. The smallest absolute Gasteiger partial charge is 0.257 e. The topological polar surface area (TPSA) is 41.6 Å². The van der Waals surface area contributed by atoms with Gasteiger partial charge in [-0.25, -0.2) is 4.39 Å². The summed E-state index contributed by atoms with van der Waals surface area (Å²) >= 11 is 3.19. The number of morpholine rings is 1. The number of carbonyl (C=O) groups is 1. The number of benzene rings is 1. The monoisotopic (exact) mass is 328 g/mol. The van der Waals surface area contributed by atoms with E-state index < -0.39 is 5.82 Å². The van der Waals surface area contributed by atoms with E-state index in [2.05, 4.69) is 21.2 Å². The van der Waals surface area contributed by atoms with Crippen molar-refractivity contribution in [2.24, 2.45) is 0 Å². The molecule has 0 bridgehead atoms. The van der Waals surface area contributed by atoms with Crippen molar-refractivity contribution in [3.63, 3.8) is 0 Å². The maximum absolute atomic E-state index is 13.9. The first-order chi connectivity index (χ1) is 9.16. The van der Waals surface area contributed by atoms with Gasteiger partial charge in [-0.3, -0.25) is 4.79 Å². The van der Waals surface area contributed by atoms with Crippen LogP contribution in [0, 0.1) is 5.82 Å². The van der Waals surface area contributed by atoms with Crippen molar-refractivity contribution in [2.75, 3.05) is 26.2 Å². The van der Waals surface area contributed by atoms with Crippen LogP contribution in [0.4, 0.5) is 4.39 Å². The number of hydrogen-bond donors (Lipinski definition) is 1. The number of nitrogens with zero attached hydrogens (tertiary/aromatic N) is 1. The molecular weight excluding hydrogens is 315 g/mol. The lowest BCUT2D eigenvalue weighted by atomic mass is 10.1. The molecule has 2 heterocycles. The second-order valence-electron chi connectivity index (χ2n) is 4.76. The number of halogens is 2. The summed E-state index contributed by atoms with van der Waals surface area (Å²) in [7, 11) is 0. The van der Waals surface area contributed by atoms with E-state index in [-0.39, 0.29) is 23.6 Å². The predicted molar refractivity (Wildman–Crippen MR) is 71.5 cm³/mol. The van der Waals surface area contributed by atoms with Gasteiger partial charge in [0.1, 0.15) is 5.82 Å². The van der Waals surface area contributed by atoms with Gasteiger partial charge in [-0.2, -0.15) is 0 Å². The lowest BCUT2D eigenvalue weighted by Gasteiger charge is -2.37. The SMILES string of the molecule is O=C(c1ccc(Br)cc1F)N1CCO[C@H]2CNC[C@H]21. The highest BCUT2D eigenvalue weighted by Crippen LogP contribution is 2.22. The van der Waals surface area contributed by atoms with E-state index in [4.69, 9.17) is 4.74 Å². The fourth-order valence-corrected chi connectivity index (χ4v) is 2.99. The third kappa shape index (κ3) is 2.40. The van der Waals surface area contributed by atoms with Gasteiger partial charge in [0, 0.05) is 24.1 Å². The molecule has 0 aliphatic carbocycles. The molecule has 0 aromatic heterocycles. The van der Waals surface area contributed by atoms with Gasteiger partial charge in [0.15, 0.2) is 0 Å². The van der Waals surface area contributed by atoms with E-state index in [0.29, 0.717) is 24.2 Å². The average molecular weight is 329 g/mol. The molecule has 3 rings (SSSR count). The van der Waals surface area contributed by atoms with E-state index in [9.17, 15) is 9.18 Å². The van der Waals surface area contributed by atoms with Crippen LogP contribution in [0.3, 0.4) is 0 Å². The number of amides is 1. The Kier molecular flexibility index (Phi) is 3.56. The molecule has 19 heavy (non-hydrogen) atoms. The van der Waals surface area contributed by atoms with Crippen molar-refractivity contribution in [3.05, 3.63) is 34.1 Å². The molecule has 1 aromatic carbocycles. The minimum Gasteiger partial charge on any atom is -0.373 e. The highest BCUT2D eigenvalue weighted by Gasteiger charge is 2.39. The van der Waals surface area contributed by atoms with E-state index in [1.165, 1.54) is 12.1 Å². The van der Waals surface area contributed by atoms with E-state index in [1.54, 1.807) is 11.0 Å². The first-order valence-corrected chi connectivity index (χ1v) is 7.04. The third-order valence-electron chi connectivity index (χ3n) is 3.62. The van der Waals surface area contributed by atoms with Gasteiger partial charge in [-0.15, -0.1) is 0 Å². The molecule has 102 valence electrons. The van der Waals surface area contributed by atoms with Gasteiger partial charge in [0.2, 0.25) is 0 Å². The maximum Gasteiger partial charge on any atom is 0.257 e. The van der Waals surface area contributed by atoms with Gasteiger partial charge >= 0.3 is 0 Å². The Labute approximate surface area is 119 Å². The summed E-state index contributed by atoms with van der Waals surface area (Å²) in [5.74, 6) is -0.750. The summed E-state index contributed by atoms with van der Waals surface area (Å²) in [6, 6.07) is 4.53. The molecule has 0 unspecified atom stereocenters. The first kappa shape index (κ1) is 13.0. The summed E-state index contributed by atoms with van der Waals surface area (Å²) in [5.41, 5.74) is 0.121. The lowest BCUT2D eigenvalue weighted by molar-refractivity contribution is -0.0366. The molecule has 1 N–H and O–H groups in total. The second kappa shape index (κ2) is 5.19. The predicted octanol–water partition coefficient (Wildman–Crippen LogP) is 1.40. The van der Waals surface area contributed by atoms with Crippen LogP contribution < -0.4 is 5.32 Å². The van der Waals surface area contributed by atoms with Crippen LogP contribution in [-0.4, -0.2) is 49.2 Å². The molecule has 2 aliphatic rings. The van der Waals surface area contributed by atoms with Crippen LogP contribution in [-0.2, 0) is 4.74 Å². The largest absolute Gasteiger partial charge is 0.373 e. The standard InChI is InChI=1S/C13H14BrFN2O2/c14-8-1-2-9(10(15)5-8)13(18)17-3-4-19-12-7-16-6-11(12)17/h1-2,5,11-12,16H,3-4,6-7H2/t11-,12+/m1/s1. The molecule has 1 amide bonds. The summed E-state index contributed by atoms with van der Waals surface area (Å²) in [6.07, 6.45) is 0.0243. The molecular formula is C13H14BrFN2O2. The minimum atomic E-state index is -0.492. The Hall–Kier alpha value is -0.980. The van der Waals surface area contributed by atoms with Crippen molar-refractivity contribution in [1.29, 1.82) is 0 Å². The number of nitrogens with one attached hydrogen (secondary N) is 1. The number of fused-ring (bicyclic) bond motifs is 1. The second-order valence-corrected chi connectivity index (χ2v) is 5.67. The summed E-state index contributed by atoms with van der Waals surface area (Å²) in [4.78, 5) is 14.2. The molecule has 0 saturated carbocycles. The number of carbonyl (C=O) groups excluding carboxylic acids is 1. The van der Waals surface area contributed by atoms with Gasteiger partial charge in [0.05, 0.1) is 24.3 Å². The van der Waals surface area contributed by atoms with Crippen LogP contribution in [0.25, 0.3) is 0 Å². The molecule has 2 aliphatic heterocycles.